The molecule has 6 heteroatoms. The molecule has 2 heterocycles. The Morgan fingerprint density at radius 2 is 2.31 bits per heavy atom. The van der Waals surface area contributed by atoms with E-state index >= 15 is 0 Å². The first-order valence-electron chi connectivity index (χ1n) is 3.40. The Kier molecular flexibility index (Phi) is 2.07. The van der Waals surface area contributed by atoms with E-state index in [-0.39, 0.29) is 9.92 Å². The number of thiazole rings is 1. The van der Waals surface area contributed by atoms with Gasteiger partial charge < -0.3 is 0 Å². The van der Waals surface area contributed by atoms with Crippen LogP contribution in [-0.2, 0) is 0 Å². The topological polar surface area (TPSA) is 56.0 Å². The second-order valence-electron chi connectivity index (χ2n) is 2.27. The average molecular weight is 212 g/mol. The molecular formula is C7H4N2O2S2. The van der Waals surface area contributed by atoms with Gasteiger partial charge in [0.1, 0.15) is 0 Å². The van der Waals surface area contributed by atoms with Gasteiger partial charge in [-0.1, -0.05) is 11.3 Å². The molecule has 0 spiro atoms. The first-order chi connectivity index (χ1) is 6.27. The number of nitrogens with zero attached hydrogens (tertiary/aromatic N) is 2. The molecule has 0 radical (unpaired) electrons. The van der Waals surface area contributed by atoms with Crippen molar-refractivity contribution in [2.45, 2.75) is 0 Å². The smallest absolute Gasteiger partial charge is 0.258 e. The molecule has 4 nitrogen and oxygen atoms in total. The molecule has 0 aliphatic rings. The van der Waals surface area contributed by atoms with E-state index in [9.17, 15) is 10.1 Å². The minimum atomic E-state index is -0.388. The Morgan fingerprint density at radius 3 is 2.85 bits per heavy atom. The molecule has 0 aliphatic heterocycles. The third-order valence-electron chi connectivity index (χ3n) is 1.46. The highest BCUT2D eigenvalue weighted by molar-refractivity contribution is 7.18. The normalized spacial score (nSPS) is 10.2. The van der Waals surface area contributed by atoms with Crippen LogP contribution in [0.1, 0.15) is 0 Å². The summed E-state index contributed by atoms with van der Waals surface area (Å²) < 4.78 is 0. The maximum absolute atomic E-state index is 10.4. The zero-order valence-corrected chi connectivity index (χ0v) is 7.97. The Labute approximate surface area is 81.6 Å². The summed E-state index contributed by atoms with van der Waals surface area (Å²) in [5.41, 5.74) is 2.52. The van der Waals surface area contributed by atoms with Gasteiger partial charge in [-0.2, -0.15) is 0 Å². The molecule has 0 N–H and O–H groups in total. The molecule has 66 valence electrons. The zero-order chi connectivity index (χ0) is 9.26. The fourth-order valence-corrected chi connectivity index (χ4v) is 2.31. The lowest BCUT2D eigenvalue weighted by Crippen LogP contribution is -1.80. The van der Waals surface area contributed by atoms with Gasteiger partial charge in [0.05, 0.1) is 21.0 Å². The fourth-order valence-electron chi connectivity index (χ4n) is 0.898. The van der Waals surface area contributed by atoms with Crippen molar-refractivity contribution in [2.24, 2.45) is 0 Å². The number of rotatable bonds is 2. The predicted molar refractivity (Wildman–Crippen MR) is 52.1 cm³/mol. The highest BCUT2D eigenvalue weighted by Gasteiger charge is 2.11. The van der Waals surface area contributed by atoms with Gasteiger partial charge in [0.25, 0.3) is 0 Å². The molecule has 0 unspecified atom stereocenters. The molecule has 0 aliphatic carbocycles. The van der Waals surface area contributed by atoms with Gasteiger partial charge in [-0.15, -0.1) is 11.3 Å². The Morgan fingerprint density at radius 1 is 1.46 bits per heavy atom. The van der Waals surface area contributed by atoms with Crippen LogP contribution < -0.4 is 0 Å². The second-order valence-corrected chi connectivity index (χ2v) is 4.05. The van der Waals surface area contributed by atoms with E-state index < -0.39 is 0 Å². The van der Waals surface area contributed by atoms with E-state index in [4.69, 9.17) is 0 Å². The summed E-state index contributed by atoms with van der Waals surface area (Å²) in [6, 6.07) is 3.22. The minimum absolute atomic E-state index is 0.156. The van der Waals surface area contributed by atoms with Gasteiger partial charge in [0, 0.05) is 11.4 Å². The number of hydrogen-bond donors (Lipinski definition) is 0. The van der Waals surface area contributed by atoms with Crippen LogP contribution in [-0.4, -0.2) is 9.91 Å². The quantitative estimate of drug-likeness (QED) is 0.568. The third-order valence-corrected chi connectivity index (χ3v) is 3.10. The monoisotopic (exact) mass is 212 g/mol. The molecule has 0 saturated heterocycles. The second kappa shape index (κ2) is 3.23. The fraction of sp³-hybridized carbons (Fsp3) is 0. The van der Waals surface area contributed by atoms with Gasteiger partial charge in [-0.3, -0.25) is 10.1 Å². The van der Waals surface area contributed by atoms with Crippen LogP contribution in [0.5, 0.6) is 0 Å². The largest absolute Gasteiger partial charge is 0.324 e. The van der Waals surface area contributed by atoms with Gasteiger partial charge in [-0.05, 0) is 6.07 Å². The van der Waals surface area contributed by atoms with E-state index in [1.807, 2.05) is 5.38 Å². The molecule has 0 amide bonds. The van der Waals surface area contributed by atoms with E-state index in [0.29, 0.717) is 0 Å². The first kappa shape index (κ1) is 8.33. The van der Waals surface area contributed by atoms with E-state index in [2.05, 4.69) is 4.98 Å². The zero-order valence-electron chi connectivity index (χ0n) is 6.34. The molecule has 0 saturated carbocycles. The number of nitro groups is 1. The molecule has 2 aromatic heterocycles. The molecule has 0 bridgehead atoms. The van der Waals surface area contributed by atoms with Crippen LogP contribution in [0.2, 0.25) is 0 Å². The van der Waals surface area contributed by atoms with E-state index in [1.54, 1.807) is 11.6 Å². The van der Waals surface area contributed by atoms with Crippen LogP contribution in [0, 0.1) is 10.1 Å². The van der Waals surface area contributed by atoms with Gasteiger partial charge in [0.15, 0.2) is 0 Å². The molecule has 0 aromatic carbocycles. The summed E-state index contributed by atoms with van der Waals surface area (Å²) in [5, 5.41) is 12.4. The van der Waals surface area contributed by atoms with Crippen LogP contribution in [0.3, 0.4) is 0 Å². The van der Waals surface area contributed by atoms with Crippen LogP contribution in [0.15, 0.2) is 23.0 Å². The summed E-state index contributed by atoms with van der Waals surface area (Å²) in [5.74, 6) is 0. The lowest BCUT2D eigenvalue weighted by Gasteiger charge is -1.84. The molecule has 2 aromatic rings. The molecule has 2 rings (SSSR count). The number of aromatic nitrogens is 1. The van der Waals surface area contributed by atoms with Crippen molar-refractivity contribution < 1.29 is 4.92 Å². The van der Waals surface area contributed by atoms with Crippen LogP contribution >= 0.6 is 22.7 Å². The van der Waals surface area contributed by atoms with E-state index in [0.717, 1.165) is 21.9 Å². The lowest BCUT2D eigenvalue weighted by atomic mass is 10.4. The number of thiophene rings is 1. The SMILES string of the molecule is O=[N+]([O-])c1ccc(-c2cscn2)s1. The maximum atomic E-state index is 10.4. The average Bonchev–Trinajstić information content (AvgIpc) is 2.75. The number of hydrogen-bond acceptors (Lipinski definition) is 5. The highest BCUT2D eigenvalue weighted by Crippen LogP contribution is 2.31. The summed E-state index contributed by atoms with van der Waals surface area (Å²) in [4.78, 5) is 14.9. The minimum Gasteiger partial charge on any atom is -0.258 e. The van der Waals surface area contributed by atoms with Crippen molar-refractivity contribution >= 4 is 27.7 Å². The lowest BCUT2D eigenvalue weighted by molar-refractivity contribution is -0.380. The predicted octanol–water partition coefficient (Wildman–Crippen LogP) is 2.78. The third kappa shape index (κ3) is 1.58. The Balaban J connectivity index is 2.39. The molecular weight excluding hydrogens is 208 g/mol. The van der Waals surface area contributed by atoms with Gasteiger partial charge in [-0.25, -0.2) is 4.98 Å². The highest BCUT2D eigenvalue weighted by atomic mass is 32.1. The van der Waals surface area contributed by atoms with Gasteiger partial charge >= 0.3 is 5.00 Å². The standard InChI is InChI=1S/C7H4N2O2S2/c10-9(11)7-2-1-6(13-7)5-3-12-4-8-5/h1-4H. The van der Waals surface area contributed by atoms with Crippen LogP contribution in [0.25, 0.3) is 10.6 Å². The Hall–Kier alpha value is -1.27. The van der Waals surface area contributed by atoms with Crippen molar-refractivity contribution in [1.82, 2.24) is 4.98 Å². The summed E-state index contributed by atoms with van der Waals surface area (Å²) in [7, 11) is 0. The van der Waals surface area contributed by atoms with Crippen molar-refractivity contribution in [3.8, 4) is 10.6 Å². The van der Waals surface area contributed by atoms with Gasteiger partial charge in [0.2, 0.25) is 0 Å². The maximum Gasteiger partial charge on any atom is 0.324 e. The molecule has 0 fully saturated rings. The van der Waals surface area contributed by atoms with Crippen molar-refractivity contribution in [1.29, 1.82) is 0 Å². The van der Waals surface area contributed by atoms with Crippen molar-refractivity contribution in [3.63, 3.8) is 0 Å². The molecule has 13 heavy (non-hydrogen) atoms. The summed E-state index contributed by atoms with van der Waals surface area (Å²) in [6.45, 7) is 0. The summed E-state index contributed by atoms with van der Waals surface area (Å²) in [6.07, 6.45) is 0. The Bertz CT molecular complexity index is 421. The molecule has 0 atom stereocenters. The summed E-state index contributed by atoms with van der Waals surface area (Å²) >= 11 is 2.62. The van der Waals surface area contributed by atoms with Crippen molar-refractivity contribution in [2.75, 3.05) is 0 Å². The first-order valence-corrected chi connectivity index (χ1v) is 5.16. The van der Waals surface area contributed by atoms with Crippen molar-refractivity contribution in [3.05, 3.63) is 33.1 Å². The van der Waals surface area contributed by atoms with E-state index in [1.165, 1.54) is 17.4 Å². The van der Waals surface area contributed by atoms with Crippen LogP contribution in [0.4, 0.5) is 5.00 Å².